The predicted molar refractivity (Wildman–Crippen MR) is 78.0 cm³/mol. The van der Waals surface area contributed by atoms with Crippen LogP contribution in [0.25, 0.3) is 0 Å². The van der Waals surface area contributed by atoms with Crippen LogP contribution in [0.1, 0.15) is 21.5 Å². The minimum atomic E-state index is -0.191. The van der Waals surface area contributed by atoms with Gasteiger partial charge in [0.25, 0.3) is 5.91 Å². The van der Waals surface area contributed by atoms with Crippen LogP contribution in [0.2, 0.25) is 0 Å². The van der Waals surface area contributed by atoms with Crippen molar-refractivity contribution in [2.75, 3.05) is 5.32 Å². The number of rotatable bonds is 2. The number of nitrogens with one attached hydrogen (secondary N) is 1. The van der Waals surface area contributed by atoms with Gasteiger partial charge in [-0.2, -0.15) is 0 Å². The lowest BCUT2D eigenvalue weighted by molar-refractivity contribution is 0.102. The topological polar surface area (TPSA) is 42.2 Å². The number of hydrogen-bond acceptors (Lipinski definition) is 2. The number of furan rings is 1. The Hall–Kier alpha value is -1.07. The molecule has 0 saturated heterocycles. The van der Waals surface area contributed by atoms with E-state index in [1.54, 1.807) is 6.07 Å². The standard InChI is InChI=1S/C13H11Br2NO2/c1-7-5-9(14)6-8(2)11(7)16-13(17)10-3-4-18-12(10)15/h3-6H,1-2H3,(H,16,17). The molecule has 2 aromatic rings. The average molecular weight is 373 g/mol. The minimum Gasteiger partial charge on any atom is -0.457 e. The second-order valence-corrected chi connectivity index (χ2v) is 5.61. The Bertz CT molecular complexity index is 582. The summed E-state index contributed by atoms with van der Waals surface area (Å²) < 4.78 is 6.49. The number of carbonyl (C=O) groups excluding carboxylic acids is 1. The van der Waals surface area contributed by atoms with Crippen LogP contribution in [0.4, 0.5) is 5.69 Å². The molecule has 1 heterocycles. The minimum absolute atomic E-state index is 0.191. The molecule has 1 amide bonds. The number of carbonyl (C=O) groups is 1. The Kier molecular flexibility index (Phi) is 3.92. The monoisotopic (exact) mass is 371 g/mol. The summed E-state index contributed by atoms with van der Waals surface area (Å²) in [5.74, 6) is -0.191. The smallest absolute Gasteiger partial charge is 0.260 e. The van der Waals surface area contributed by atoms with E-state index in [4.69, 9.17) is 4.42 Å². The van der Waals surface area contributed by atoms with Crippen molar-refractivity contribution < 1.29 is 9.21 Å². The van der Waals surface area contributed by atoms with Gasteiger partial charge in [-0.1, -0.05) is 15.9 Å². The highest BCUT2D eigenvalue weighted by molar-refractivity contribution is 9.10. The highest BCUT2D eigenvalue weighted by Gasteiger charge is 2.15. The van der Waals surface area contributed by atoms with E-state index in [9.17, 15) is 4.79 Å². The van der Waals surface area contributed by atoms with Crippen LogP contribution in [0.15, 0.2) is 38.0 Å². The highest BCUT2D eigenvalue weighted by atomic mass is 79.9. The zero-order valence-electron chi connectivity index (χ0n) is 9.88. The molecule has 0 spiro atoms. The summed E-state index contributed by atoms with van der Waals surface area (Å²) in [6, 6.07) is 5.56. The molecular weight excluding hydrogens is 362 g/mol. The molecule has 94 valence electrons. The highest BCUT2D eigenvalue weighted by Crippen LogP contribution is 2.26. The molecule has 0 bridgehead atoms. The predicted octanol–water partition coefficient (Wildman–Crippen LogP) is 4.67. The van der Waals surface area contributed by atoms with Crippen molar-refractivity contribution in [3.63, 3.8) is 0 Å². The fraction of sp³-hybridized carbons (Fsp3) is 0.154. The van der Waals surface area contributed by atoms with Crippen molar-refractivity contribution in [1.29, 1.82) is 0 Å². The van der Waals surface area contributed by atoms with Crippen LogP contribution in [-0.2, 0) is 0 Å². The summed E-state index contributed by atoms with van der Waals surface area (Å²) >= 11 is 6.62. The van der Waals surface area contributed by atoms with E-state index in [0.29, 0.717) is 10.2 Å². The maximum Gasteiger partial charge on any atom is 0.260 e. The summed E-state index contributed by atoms with van der Waals surface area (Å²) in [5.41, 5.74) is 3.33. The molecule has 0 aliphatic heterocycles. The summed E-state index contributed by atoms with van der Waals surface area (Å²) in [5, 5.41) is 2.90. The van der Waals surface area contributed by atoms with Gasteiger partial charge in [-0.05, 0) is 59.1 Å². The molecule has 3 nitrogen and oxygen atoms in total. The first-order valence-electron chi connectivity index (χ1n) is 5.30. The van der Waals surface area contributed by atoms with Gasteiger partial charge in [0.1, 0.15) is 0 Å². The van der Waals surface area contributed by atoms with Crippen LogP contribution in [0.5, 0.6) is 0 Å². The maximum atomic E-state index is 12.1. The van der Waals surface area contributed by atoms with Crippen molar-refractivity contribution in [3.8, 4) is 0 Å². The molecular formula is C13H11Br2NO2. The van der Waals surface area contributed by atoms with Gasteiger partial charge >= 0.3 is 0 Å². The Labute approximate surface area is 122 Å². The van der Waals surface area contributed by atoms with Crippen molar-refractivity contribution in [2.24, 2.45) is 0 Å². The normalized spacial score (nSPS) is 10.4. The first-order valence-corrected chi connectivity index (χ1v) is 6.88. The molecule has 2 rings (SSSR count). The molecule has 5 heteroatoms. The zero-order chi connectivity index (χ0) is 13.3. The molecule has 0 saturated carbocycles. The van der Waals surface area contributed by atoms with E-state index in [-0.39, 0.29) is 5.91 Å². The number of aryl methyl sites for hydroxylation is 2. The summed E-state index contributed by atoms with van der Waals surface area (Å²) in [6.45, 7) is 3.91. The van der Waals surface area contributed by atoms with Gasteiger partial charge in [-0.3, -0.25) is 4.79 Å². The largest absolute Gasteiger partial charge is 0.457 e. The molecule has 0 atom stereocenters. The molecule has 1 N–H and O–H groups in total. The molecule has 0 fully saturated rings. The molecule has 1 aromatic carbocycles. The second-order valence-electron chi connectivity index (χ2n) is 3.98. The van der Waals surface area contributed by atoms with Gasteiger partial charge in [0, 0.05) is 10.2 Å². The summed E-state index contributed by atoms with van der Waals surface area (Å²) in [6.07, 6.45) is 1.47. The number of amides is 1. The lowest BCUT2D eigenvalue weighted by atomic mass is 10.1. The first kappa shape index (κ1) is 13.4. The lowest BCUT2D eigenvalue weighted by Gasteiger charge is -2.11. The van der Waals surface area contributed by atoms with Gasteiger partial charge in [0.2, 0.25) is 0 Å². The number of halogens is 2. The SMILES string of the molecule is Cc1cc(Br)cc(C)c1NC(=O)c1ccoc1Br. The molecule has 0 unspecified atom stereocenters. The molecule has 1 aromatic heterocycles. The number of anilines is 1. The van der Waals surface area contributed by atoms with Gasteiger partial charge in [-0.25, -0.2) is 0 Å². The fourth-order valence-electron chi connectivity index (χ4n) is 1.74. The van der Waals surface area contributed by atoms with Crippen molar-refractivity contribution in [1.82, 2.24) is 0 Å². The second kappa shape index (κ2) is 5.28. The lowest BCUT2D eigenvalue weighted by Crippen LogP contribution is -2.13. The van der Waals surface area contributed by atoms with Crippen LogP contribution < -0.4 is 5.32 Å². The molecule has 18 heavy (non-hydrogen) atoms. The van der Waals surface area contributed by atoms with Crippen LogP contribution in [0, 0.1) is 13.8 Å². The van der Waals surface area contributed by atoms with Gasteiger partial charge in [0.15, 0.2) is 4.67 Å². The Morgan fingerprint density at radius 3 is 2.33 bits per heavy atom. The van der Waals surface area contributed by atoms with Crippen molar-refractivity contribution >= 4 is 43.5 Å². The van der Waals surface area contributed by atoms with E-state index in [2.05, 4.69) is 37.2 Å². The van der Waals surface area contributed by atoms with Gasteiger partial charge < -0.3 is 9.73 Å². The Balaban J connectivity index is 2.31. The third-order valence-corrected chi connectivity index (χ3v) is 3.67. The number of benzene rings is 1. The van der Waals surface area contributed by atoms with E-state index >= 15 is 0 Å². The molecule has 0 radical (unpaired) electrons. The number of hydrogen-bond donors (Lipinski definition) is 1. The van der Waals surface area contributed by atoms with E-state index in [1.165, 1.54) is 6.26 Å². The van der Waals surface area contributed by atoms with Crippen molar-refractivity contribution in [3.05, 3.63) is 50.3 Å². The van der Waals surface area contributed by atoms with E-state index < -0.39 is 0 Å². The quantitative estimate of drug-likeness (QED) is 0.831. The van der Waals surface area contributed by atoms with Crippen LogP contribution >= 0.6 is 31.9 Å². The first-order chi connectivity index (χ1) is 8.49. The van der Waals surface area contributed by atoms with Crippen molar-refractivity contribution in [2.45, 2.75) is 13.8 Å². The molecule has 0 aliphatic rings. The third-order valence-electron chi connectivity index (χ3n) is 2.60. The zero-order valence-corrected chi connectivity index (χ0v) is 13.1. The van der Waals surface area contributed by atoms with E-state index in [1.807, 2.05) is 26.0 Å². The Morgan fingerprint density at radius 1 is 1.22 bits per heavy atom. The summed E-state index contributed by atoms with van der Waals surface area (Å²) in [4.78, 5) is 12.1. The molecule has 0 aliphatic carbocycles. The fourth-order valence-corrected chi connectivity index (χ4v) is 2.85. The van der Waals surface area contributed by atoms with Crippen LogP contribution in [0.3, 0.4) is 0 Å². The van der Waals surface area contributed by atoms with Crippen LogP contribution in [-0.4, -0.2) is 5.91 Å². The Morgan fingerprint density at radius 2 is 1.83 bits per heavy atom. The maximum absolute atomic E-state index is 12.1. The van der Waals surface area contributed by atoms with Gasteiger partial charge in [0.05, 0.1) is 11.8 Å². The summed E-state index contributed by atoms with van der Waals surface area (Å²) in [7, 11) is 0. The van der Waals surface area contributed by atoms with E-state index in [0.717, 1.165) is 21.3 Å². The third kappa shape index (κ3) is 2.67. The van der Waals surface area contributed by atoms with Gasteiger partial charge in [-0.15, -0.1) is 0 Å². The average Bonchev–Trinajstić information content (AvgIpc) is 2.69.